The molecule has 0 aromatic heterocycles. The van der Waals surface area contributed by atoms with Crippen LogP contribution in [0.25, 0.3) is 0 Å². The van der Waals surface area contributed by atoms with Gasteiger partial charge in [0.05, 0.1) is 13.7 Å². The zero-order chi connectivity index (χ0) is 16.5. The van der Waals surface area contributed by atoms with E-state index < -0.39 is 23.7 Å². The number of ether oxygens (including phenoxy) is 2. The number of amides is 1. The van der Waals surface area contributed by atoms with Crippen molar-refractivity contribution < 1.29 is 19.1 Å². The summed E-state index contributed by atoms with van der Waals surface area (Å²) in [5, 5.41) is 0. The van der Waals surface area contributed by atoms with E-state index in [1.54, 1.807) is 20.8 Å². The molecule has 0 fully saturated rings. The van der Waals surface area contributed by atoms with Gasteiger partial charge in [0, 0.05) is 10.9 Å². The Kier molecular flexibility index (Phi) is 4.80. The van der Waals surface area contributed by atoms with Crippen molar-refractivity contribution >= 4 is 28.0 Å². The lowest BCUT2D eigenvalue weighted by Crippen LogP contribution is -2.50. The van der Waals surface area contributed by atoms with Crippen molar-refractivity contribution in [2.45, 2.75) is 45.4 Å². The molecule has 0 saturated heterocycles. The molecule has 0 N–H and O–H groups in total. The van der Waals surface area contributed by atoms with E-state index in [-0.39, 0.29) is 0 Å². The van der Waals surface area contributed by atoms with E-state index in [1.807, 2.05) is 18.2 Å². The third-order valence-corrected chi connectivity index (χ3v) is 3.89. The Morgan fingerprint density at radius 1 is 1.27 bits per heavy atom. The van der Waals surface area contributed by atoms with Crippen molar-refractivity contribution in [3.63, 3.8) is 0 Å². The highest BCUT2D eigenvalue weighted by molar-refractivity contribution is 9.10. The molecule has 0 radical (unpaired) electrons. The van der Waals surface area contributed by atoms with Crippen molar-refractivity contribution in [1.82, 2.24) is 4.90 Å². The average Bonchev–Trinajstić information content (AvgIpc) is 2.43. The zero-order valence-corrected chi connectivity index (χ0v) is 14.8. The van der Waals surface area contributed by atoms with Crippen LogP contribution in [-0.4, -0.2) is 35.7 Å². The lowest BCUT2D eigenvalue weighted by molar-refractivity contribution is -0.147. The molecular weight excluding hydrogens is 350 g/mol. The molecular formula is C16H20BrNO4. The van der Waals surface area contributed by atoms with E-state index >= 15 is 0 Å². The second-order valence-corrected chi connectivity index (χ2v) is 7.18. The van der Waals surface area contributed by atoms with E-state index in [2.05, 4.69) is 15.9 Å². The molecule has 0 spiro atoms. The summed E-state index contributed by atoms with van der Waals surface area (Å²) in [6.45, 7) is 5.72. The van der Waals surface area contributed by atoms with Gasteiger partial charge in [0.15, 0.2) is 0 Å². The number of methoxy groups -OCH3 is 1. The van der Waals surface area contributed by atoms with Gasteiger partial charge in [-0.1, -0.05) is 22.0 Å². The molecule has 1 aromatic carbocycles. The number of fused-ring (bicyclic) bond motifs is 1. The number of rotatable bonds is 1. The van der Waals surface area contributed by atoms with Crippen LogP contribution in [0.4, 0.5) is 4.79 Å². The second kappa shape index (κ2) is 6.28. The highest BCUT2D eigenvalue weighted by Crippen LogP contribution is 2.28. The van der Waals surface area contributed by atoms with Crippen LogP contribution in [0, 0.1) is 0 Å². The summed E-state index contributed by atoms with van der Waals surface area (Å²) in [6.07, 6.45) is -0.0809. The van der Waals surface area contributed by atoms with Gasteiger partial charge in [0.2, 0.25) is 0 Å². The number of benzene rings is 1. The number of hydrogen-bond donors (Lipinski definition) is 0. The van der Waals surface area contributed by atoms with Crippen molar-refractivity contribution in [1.29, 1.82) is 0 Å². The Bertz CT molecular complexity index is 594. The van der Waals surface area contributed by atoms with Crippen LogP contribution in [0.3, 0.4) is 0 Å². The maximum Gasteiger partial charge on any atom is 0.411 e. The van der Waals surface area contributed by atoms with Crippen molar-refractivity contribution in [3.05, 3.63) is 33.8 Å². The minimum Gasteiger partial charge on any atom is -0.467 e. The first-order valence-corrected chi connectivity index (χ1v) is 7.85. The van der Waals surface area contributed by atoms with Gasteiger partial charge in [-0.25, -0.2) is 9.59 Å². The predicted molar refractivity (Wildman–Crippen MR) is 85.4 cm³/mol. The SMILES string of the molecule is COC(=O)[C@H]1Cc2ccc(Br)cc2CN1C(=O)OC(C)(C)C. The summed E-state index contributed by atoms with van der Waals surface area (Å²) in [7, 11) is 1.33. The maximum absolute atomic E-state index is 12.4. The summed E-state index contributed by atoms with van der Waals surface area (Å²) in [4.78, 5) is 25.9. The molecule has 1 aliphatic rings. The molecule has 1 atom stereocenters. The van der Waals surface area contributed by atoms with Gasteiger partial charge >= 0.3 is 12.1 Å². The van der Waals surface area contributed by atoms with E-state index in [9.17, 15) is 9.59 Å². The molecule has 22 heavy (non-hydrogen) atoms. The minimum absolute atomic E-state index is 0.323. The summed E-state index contributed by atoms with van der Waals surface area (Å²) in [5.41, 5.74) is 1.42. The van der Waals surface area contributed by atoms with Crippen LogP contribution in [0.15, 0.2) is 22.7 Å². The third kappa shape index (κ3) is 3.80. The Hall–Kier alpha value is -1.56. The Morgan fingerprint density at radius 3 is 2.55 bits per heavy atom. The second-order valence-electron chi connectivity index (χ2n) is 6.26. The molecule has 0 aliphatic carbocycles. The fourth-order valence-electron chi connectivity index (χ4n) is 2.41. The van der Waals surface area contributed by atoms with Crippen LogP contribution < -0.4 is 0 Å². The number of nitrogens with zero attached hydrogens (tertiary/aromatic N) is 1. The minimum atomic E-state index is -0.659. The van der Waals surface area contributed by atoms with E-state index in [0.717, 1.165) is 15.6 Å². The van der Waals surface area contributed by atoms with Crippen LogP contribution in [0.5, 0.6) is 0 Å². The fourth-order valence-corrected chi connectivity index (χ4v) is 2.82. The summed E-state index contributed by atoms with van der Waals surface area (Å²) >= 11 is 3.43. The summed E-state index contributed by atoms with van der Waals surface area (Å²) in [5.74, 6) is -0.431. The molecule has 1 aromatic rings. The molecule has 1 amide bonds. The molecule has 5 nitrogen and oxygen atoms in total. The monoisotopic (exact) mass is 369 g/mol. The van der Waals surface area contributed by atoms with Crippen LogP contribution >= 0.6 is 15.9 Å². The molecule has 120 valence electrons. The van der Waals surface area contributed by atoms with Crippen LogP contribution in [0.2, 0.25) is 0 Å². The first-order chi connectivity index (χ1) is 10.2. The third-order valence-electron chi connectivity index (χ3n) is 3.40. The molecule has 1 heterocycles. The number of halogens is 1. The van der Waals surface area contributed by atoms with E-state index in [4.69, 9.17) is 9.47 Å². The fraction of sp³-hybridized carbons (Fsp3) is 0.500. The van der Waals surface area contributed by atoms with Gasteiger partial charge in [-0.15, -0.1) is 0 Å². The van der Waals surface area contributed by atoms with Crippen molar-refractivity contribution in [2.24, 2.45) is 0 Å². The Morgan fingerprint density at radius 2 is 1.95 bits per heavy atom. The van der Waals surface area contributed by atoms with Gasteiger partial charge in [0.1, 0.15) is 11.6 Å². The van der Waals surface area contributed by atoms with Crippen LogP contribution in [0.1, 0.15) is 31.9 Å². The number of carbonyl (C=O) groups excluding carboxylic acids is 2. The van der Waals surface area contributed by atoms with Gasteiger partial charge in [-0.2, -0.15) is 0 Å². The van der Waals surface area contributed by atoms with Crippen LogP contribution in [-0.2, 0) is 27.2 Å². The van der Waals surface area contributed by atoms with Crippen molar-refractivity contribution in [3.8, 4) is 0 Å². The smallest absolute Gasteiger partial charge is 0.411 e. The number of hydrogen-bond acceptors (Lipinski definition) is 4. The average molecular weight is 370 g/mol. The molecule has 0 saturated carbocycles. The first-order valence-electron chi connectivity index (χ1n) is 7.06. The van der Waals surface area contributed by atoms with E-state index in [0.29, 0.717) is 13.0 Å². The molecule has 6 heteroatoms. The molecule has 0 bridgehead atoms. The van der Waals surface area contributed by atoms with E-state index in [1.165, 1.54) is 12.0 Å². The quantitative estimate of drug-likeness (QED) is 0.712. The first kappa shape index (κ1) is 16.8. The lowest BCUT2D eigenvalue weighted by atomic mass is 9.94. The van der Waals surface area contributed by atoms with Crippen molar-refractivity contribution in [2.75, 3.05) is 7.11 Å². The maximum atomic E-state index is 12.4. The summed E-state index contributed by atoms with van der Waals surface area (Å²) < 4.78 is 11.2. The predicted octanol–water partition coefficient (Wildman–Crippen LogP) is 3.28. The van der Waals surface area contributed by atoms with Gasteiger partial charge in [-0.05, 0) is 44.0 Å². The Labute approximate surface area is 138 Å². The highest BCUT2D eigenvalue weighted by Gasteiger charge is 2.37. The summed E-state index contributed by atoms with van der Waals surface area (Å²) in [6, 6.07) is 5.19. The topological polar surface area (TPSA) is 55.8 Å². The normalized spacial score (nSPS) is 17.7. The molecule has 2 rings (SSSR count). The van der Waals surface area contributed by atoms with Gasteiger partial charge in [0.25, 0.3) is 0 Å². The van der Waals surface area contributed by atoms with Gasteiger partial charge in [-0.3, -0.25) is 4.90 Å². The highest BCUT2D eigenvalue weighted by atomic mass is 79.9. The molecule has 1 aliphatic heterocycles. The van der Waals surface area contributed by atoms with Gasteiger partial charge < -0.3 is 9.47 Å². The standard InChI is InChI=1S/C16H20BrNO4/c1-16(2,3)22-15(20)18-9-11-7-12(17)6-5-10(11)8-13(18)14(19)21-4/h5-7,13H,8-9H2,1-4H3/t13-/m1/s1. The molecule has 0 unspecified atom stereocenters. The Balaban J connectivity index is 2.32. The number of esters is 1. The lowest BCUT2D eigenvalue weighted by Gasteiger charge is -2.36. The largest absolute Gasteiger partial charge is 0.467 e. The number of carbonyl (C=O) groups is 2. The zero-order valence-electron chi connectivity index (χ0n) is 13.2.